The van der Waals surface area contributed by atoms with Crippen LogP contribution in [0.2, 0.25) is 0 Å². The number of benzene rings is 4. The predicted octanol–water partition coefficient (Wildman–Crippen LogP) is 8.33. The summed E-state index contributed by atoms with van der Waals surface area (Å²) in [6.45, 7) is 10.8. The van der Waals surface area contributed by atoms with Gasteiger partial charge in [0, 0.05) is 11.8 Å². The minimum atomic E-state index is -0.741. The second kappa shape index (κ2) is 18.3. The van der Waals surface area contributed by atoms with Crippen molar-refractivity contribution >= 4 is 11.9 Å². The van der Waals surface area contributed by atoms with E-state index in [1.807, 2.05) is 100 Å². The standard InChI is InChI=1S/C19H22O2.C15H16O.C4H8O2/c1-14(2)19(20)21-15(3)18(16-10-6-4-7-11-16)17-12-8-5-9-13-17;1-12(16)15(13-8-4-2-5-9-13)14-10-6-3-7-11-14;1-3(2)4(5)6/h4-15,18H,1-3H3;2-12,15-16H,1H3;3H,1-2H3,(H,5,6)/t15-;12-;/m00./s1. The van der Waals surface area contributed by atoms with E-state index in [4.69, 9.17) is 9.84 Å². The maximum Gasteiger partial charge on any atom is 0.308 e. The Morgan fingerprint density at radius 2 is 0.791 bits per heavy atom. The number of aliphatic hydroxyl groups excluding tert-OH is 1. The Morgan fingerprint density at radius 3 is 1.02 bits per heavy atom. The number of carbonyl (C=O) groups excluding carboxylic acids is 1. The second-order valence-corrected chi connectivity index (χ2v) is 11.1. The first-order valence-corrected chi connectivity index (χ1v) is 14.8. The Balaban J connectivity index is 0.000000259. The SMILES string of the molecule is CC(C)C(=O)O.CC(C)C(=O)O[C@@H](C)C(c1ccccc1)c1ccccc1.C[C@H](O)C(c1ccccc1)c1ccccc1. The average molecular weight is 583 g/mol. The lowest BCUT2D eigenvalue weighted by molar-refractivity contribution is -0.152. The largest absolute Gasteiger partial charge is 0.481 e. The molecule has 0 bridgehead atoms. The van der Waals surface area contributed by atoms with Gasteiger partial charge in [-0.2, -0.15) is 0 Å². The summed E-state index contributed by atoms with van der Waals surface area (Å²) < 4.78 is 5.64. The van der Waals surface area contributed by atoms with Gasteiger partial charge in [-0.05, 0) is 36.1 Å². The molecule has 5 nitrogen and oxygen atoms in total. The summed E-state index contributed by atoms with van der Waals surface area (Å²) in [6.07, 6.45) is -0.588. The molecule has 4 aromatic carbocycles. The van der Waals surface area contributed by atoms with Gasteiger partial charge in [0.25, 0.3) is 0 Å². The smallest absolute Gasteiger partial charge is 0.308 e. The van der Waals surface area contributed by atoms with Crippen LogP contribution in [0, 0.1) is 11.8 Å². The molecule has 0 aliphatic heterocycles. The van der Waals surface area contributed by atoms with Gasteiger partial charge < -0.3 is 14.9 Å². The van der Waals surface area contributed by atoms with Crippen LogP contribution in [-0.2, 0) is 14.3 Å². The number of aliphatic carboxylic acids is 1. The minimum absolute atomic E-state index is 0.0510. The summed E-state index contributed by atoms with van der Waals surface area (Å²) in [5.74, 6) is -1.13. The highest BCUT2D eigenvalue weighted by Gasteiger charge is 2.25. The summed E-state index contributed by atoms with van der Waals surface area (Å²) in [6, 6.07) is 40.6. The van der Waals surface area contributed by atoms with E-state index >= 15 is 0 Å². The molecule has 0 spiro atoms. The molecule has 5 heteroatoms. The van der Waals surface area contributed by atoms with E-state index in [9.17, 15) is 14.7 Å². The summed E-state index contributed by atoms with van der Waals surface area (Å²) in [7, 11) is 0. The summed E-state index contributed by atoms with van der Waals surface area (Å²) >= 11 is 0. The summed E-state index contributed by atoms with van der Waals surface area (Å²) in [5.41, 5.74) is 4.63. The van der Waals surface area contributed by atoms with Gasteiger partial charge in [-0.3, -0.25) is 9.59 Å². The van der Waals surface area contributed by atoms with Gasteiger partial charge in [0.15, 0.2) is 0 Å². The predicted molar refractivity (Wildman–Crippen MR) is 174 cm³/mol. The lowest BCUT2D eigenvalue weighted by atomic mass is 9.87. The molecular formula is C38H46O5. The van der Waals surface area contributed by atoms with Crippen LogP contribution in [0.1, 0.15) is 75.6 Å². The first-order valence-electron chi connectivity index (χ1n) is 14.8. The summed E-state index contributed by atoms with van der Waals surface area (Å²) in [4.78, 5) is 21.6. The van der Waals surface area contributed by atoms with E-state index in [0.29, 0.717) is 0 Å². The van der Waals surface area contributed by atoms with Crippen molar-refractivity contribution in [3.63, 3.8) is 0 Å². The zero-order valence-corrected chi connectivity index (χ0v) is 26.1. The molecule has 228 valence electrons. The Labute approximate surface area is 257 Å². The molecule has 0 unspecified atom stereocenters. The highest BCUT2D eigenvalue weighted by atomic mass is 16.5. The zero-order valence-electron chi connectivity index (χ0n) is 26.1. The van der Waals surface area contributed by atoms with Gasteiger partial charge >= 0.3 is 11.9 Å². The van der Waals surface area contributed by atoms with Crippen LogP contribution in [-0.4, -0.2) is 34.4 Å². The lowest BCUT2D eigenvalue weighted by Gasteiger charge is -2.25. The fourth-order valence-corrected chi connectivity index (χ4v) is 4.51. The van der Waals surface area contributed by atoms with Crippen LogP contribution in [0.25, 0.3) is 0 Å². The van der Waals surface area contributed by atoms with E-state index in [1.54, 1.807) is 13.8 Å². The van der Waals surface area contributed by atoms with Crippen molar-refractivity contribution in [2.24, 2.45) is 11.8 Å². The number of rotatable bonds is 9. The Bertz CT molecular complexity index is 1240. The first kappa shape index (κ1) is 35.0. The number of ether oxygens (including phenoxy) is 1. The topological polar surface area (TPSA) is 83.8 Å². The maximum atomic E-state index is 11.9. The number of carboxylic acids is 1. The summed E-state index contributed by atoms with van der Waals surface area (Å²) in [5, 5.41) is 17.9. The number of esters is 1. The molecule has 4 aromatic rings. The van der Waals surface area contributed by atoms with Crippen LogP contribution < -0.4 is 0 Å². The normalized spacial score (nSPS) is 12.1. The van der Waals surface area contributed by atoms with Crippen molar-refractivity contribution in [2.75, 3.05) is 0 Å². The van der Waals surface area contributed by atoms with Crippen molar-refractivity contribution in [1.29, 1.82) is 0 Å². The van der Waals surface area contributed by atoms with Gasteiger partial charge in [-0.15, -0.1) is 0 Å². The number of hydrogen-bond donors (Lipinski definition) is 2. The molecule has 0 fully saturated rings. The van der Waals surface area contributed by atoms with Gasteiger partial charge in [0.2, 0.25) is 0 Å². The van der Waals surface area contributed by atoms with Gasteiger partial charge in [-0.25, -0.2) is 0 Å². The number of carbonyl (C=O) groups is 2. The zero-order chi connectivity index (χ0) is 31.8. The number of hydrogen-bond acceptors (Lipinski definition) is 4. The van der Waals surface area contributed by atoms with Crippen molar-refractivity contribution in [3.05, 3.63) is 144 Å². The minimum Gasteiger partial charge on any atom is -0.481 e. The third-order valence-electron chi connectivity index (χ3n) is 6.85. The van der Waals surface area contributed by atoms with Gasteiger partial charge in [-0.1, -0.05) is 149 Å². The van der Waals surface area contributed by atoms with Crippen LogP contribution in [0.3, 0.4) is 0 Å². The molecule has 0 saturated carbocycles. The van der Waals surface area contributed by atoms with Crippen molar-refractivity contribution in [3.8, 4) is 0 Å². The van der Waals surface area contributed by atoms with Crippen molar-refractivity contribution in [1.82, 2.24) is 0 Å². The molecule has 0 radical (unpaired) electrons. The van der Waals surface area contributed by atoms with Gasteiger partial charge in [0.1, 0.15) is 6.10 Å². The Morgan fingerprint density at radius 1 is 0.512 bits per heavy atom. The van der Waals surface area contributed by atoms with Crippen LogP contribution in [0.15, 0.2) is 121 Å². The van der Waals surface area contributed by atoms with E-state index < -0.39 is 5.97 Å². The van der Waals surface area contributed by atoms with Crippen LogP contribution in [0.5, 0.6) is 0 Å². The van der Waals surface area contributed by atoms with E-state index in [1.165, 1.54) is 0 Å². The maximum absolute atomic E-state index is 11.9. The molecule has 0 heterocycles. The Kier molecular flexibility index (Phi) is 14.9. The monoisotopic (exact) mass is 582 g/mol. The number of carboxylic acid groups (broad SMARTS) is 1. The number of aliphatic hydroxyl groups is 1. The molecule has 4 rings (SSSR count). The van der Waals surface area contributed by atoms with E-state index in [2.05, 4.69) is 48.5 Å². The molecule has 43 heavy (non-hydrogen) atoms. The Hall–Kier alpha value is -4.22. The molecule has 0 aliphatic carbocycles. The molecule has 2 atom stereocenters. The highest BCUT2D eigenvalue weighted by Crippen LogP contribution is 2.30. The second-order valence-electron chi connectivity index (χ2n) is 11.1. The van der Waals surface area contributed by atoms with Crippen molar-refractivity contribution in [2.45, 2.75) is 65.6 Å². The molecule has 0 amide bonds. The fraction of sp³-hybridized carbons (Fsp3) is 0.316. The first-order chi connectivity index (χ1) is 20.5. The fourth-order valence-electron chi connectivity index (χ4n) is 4.51. The molecule has 2 N–H and O–H groups in total. The van der Waals surface area contributed by atoms with Crippen LogP contribution >= 0.6 is 0 Å². The average Bonchev–Trinajstić information content (AvgIpc) is 3.00. The van der Waals surface area contributed by atoms with Gasteiger partial charge in [0.05, 0.1) is 17.9 Å². The quantitative estimate of drug-likeness (QED) is 0.194. The molecule has 0 saturated heterocycles. The van der Waals surface area contributed by atoms with Crippen LogP contribution in [0.4, 0.5) is 0 Å². The molecule has 0 aliphatic rings. The van der Waals surface area contributed by atoms with E-state index in [-0.39, 0.29) is 41.8 Å². The third-order valence-corrected chi connectivity index (χ3v) is 6.85. The van der Waals surface area contributed by atoms with Crippen molar-refractivity contribution < 1.29 is 24.5 Å². The van der Waals surface area contributed by atoms with E-state index in [0.717, 1.165) is 22.3 Å². The highest BCUT2D eigenvalue weighted by molar-refractivity contribution is 5.71. The molecule has 0 aromatic heterocycles. The third kappa shape index (κ3) is 11.9. The molecular weight excluding hydrogens is 536 g/mol. The lowest BCUT2D eigenvalue weighted by Crippen LogP contribution is -2.25.